The Bertz CT molecular complexity index is 575. The van der Waals surface area contributed by atoms with Crippen LogP contribution in [0, 0.1) is 0 Å². The molecule has 0 unspecified atom stereocenters. The van der Waals surface area contributed by atoms with Crippen molar-refractivity contribution in [3.05, 3.63) is 22.7 Å². The number of rotatable bonds is 5. The van der Waals surface area contributed by atoms with Gasteiger partial charge in [-0.3, -0.25) is 4.79 Å². The second-order valence-corrected chi connectivity index (χ2v) is 6.24. The highest BCUT2D eigenvalue weighted by Crippen LogP contribution is 2.30. The molecule has 22 heavy (non-hydrogen) atoms. The van der Waals surface area contributed by atoms with E-state index < -0.39 is 18.2 Å². The smallest absolute Gasteiger partial charge is 0.332 e. The van der Waals surface area contributed by atoms with Gasteiger partial charge in [-0.05, 0) is 44.9 Å². The van der Waals surface area contributed by atoms with Crippen molar-refractivity contribution >= 4 is 33.5 Å². The molecule has 0 aliphatic carbocycles. The normalized spacial score (nSPS) is 20.9. The predicted octanol–water partition coefficient (Wildman–Crippen LogP) is 2.81. The maximum atomic E-state index is 12.2. The summed E-state index contributed by atoms with van der Waals surface area (Å²) in [6.45, 7) is 3.79. The van der Waals surface area contributed by atoms with E-state index in [1.807, 2.05) is 19.9 Å². The van der Waals surface area contributed by atoms with Crippen molar-refractivity contribution in [2.24, 2.45) is 0 Å². The lowest BCUT2D eigenvalue weighted by atomic mass is 10.2. The summed E-state index contributed by atoms with van der Waals surface area (Å²) in [7, 11) is 0. The summed E-state index contributed by atoms with van der Waals surface area (Å²) in [4.78, 5) is 23.1. The molecule has 6 nitrogen and oxygen atoms in total. The van der Waals surface area contributed by atoms with Crippen LogP contribution in [0.1, 0.15) is 26.7 Å². The van der Waals surface area contributed by atoms with Gasteiger partial charge >= 0.3 is 5.97 Å². The van der Waals surface area contributed by atoms with Gasteiger partial charge in [-0.25, -0.2) is 4.79 Å². The summed E-state index contributed by atoms with van der Waals surface area (Å²) in [6.07, 6.45) is -0.981. The number of halogens is 1. The van der Waals surface area contributed by atoms with Crippen LogP contribution >= 0.6 is 15.9 Å². The zero-order chi connectivity index (χ0) is 16.3. The second-order valence-electron chi connectivity index (χ2n) is 5.33. The topological polar surface area (TPSA) is 84.9 Å². The fraction of sp³-hybridized carbons (Fsp3) is 0.467. The lowest BCUT2D eigenvalue weighted by Crippen LogP contribution is -2.30. The fourth-order valence-electron chi connectivity index (χ4n) is 2.18. The summed E-state index contributed by atoms with van der Waals surface area (Å²) < 4.78 is 11.7. The Hall–Kier alpha value is -1.60. The maximum Gasteiger partial charge on any atom is 0.332 e. The van der Waals surface area contributed by atoms with Gasteiger partial charge in [-0.15, -0.1) is 0 Å². The Balaban J connectivity index is 2.08. The summed E-state index contributed by atoms with van der Waals surface area (Å²) in [6, 6.07) is 5.31. The molecule has 2 N–H and O–H groups in total. The zero-order valence-corrected chi connectivity index (χ0v) is 13.9. The first-order valence-corrected chi connectivity index (χ1v) is 7.81. The van der Waals surface area contributed by atoms with Gasteiger partial charge in [0.1, 0.15) is 11.9 Å². The molecular weight excluding hydrogens is 354 g/mol. The molecule has 0 saturated carbocycles. The number of carbonyl (C=O) groups excluding carboxylic acids is 1. The molecule has 0 spiro atoms. The van der Waals surface area contributed by atoms with Crippen molar-refractivity contribution < 1.29 is 24.2 Å². The highest BCUT2D eigenvalue weighted by Gasteiger charge is 2.35. The molecule has 1 amide bonds. The Morgan fingerprint density at radius 2 is 2.05 bits per heavy atom. The maximum absolute atomic E-state index is 12.2. The Morgan fingerprint density at radius 1 is 1.36 bits per heavy atom. The first-order valence-electron chi connectivity index (χ1n) is 7.02. The molecule has 7 heteroatoms. The average molecular weight is 372 g/mol. The van der Waals surface area contributed by atoms with Gasteiger partial charge in [-0.2, -0.15) is 0 Å². The summed E-state index contributed by atoms with van der Waals surface area (Å²) in [5.74, 6) is -0.851. The third-order valence-electron chi connectivity index (χ3n) is 3.15. The van der Waals surface area contributed by atoms with Gasteiger partial charge in [0.05, 0.1) is 11.8 Å². The van der Waals surface area contributed by atoms with Gasteiger partial charge in [0.15, 0.2) is 6.10 Å². The molecule has 1 aromatic rings. The lowest BCUT2D eigenvalue weighted by Gasteiger charge is -2.17. The minimum atomic E-state index is -1.04. The number of ether oxygens (including phenoxy) is 2. The summed E-state index contributed by atoms with van der Waals surface area (Å²) in [5, 5.41) is 11.6. The third-order valence-corrected chi connectivity index (χ3v) is 3.64. The molecular formula is C15H18BrNO5. The van der Waals surface area contributed by atoms with Gasteiger partial charge < -0.3 is 19.9 Å². The molecule has 2 rings (SSSR count). The van der Waals surface area contributed by atoms with Crippen molar-refractivity contribution in [1.82, 2.24) is 0 Å². The number of hydrogen-bond donors (Lipinski definition) is 2. The molecule has 1 aliphatic heterocycles. The van der Waals surface area contributed by atoms with Crippen LogP contribution in [0.25, 0.3) is 0 Å². The number of carbonyl (C=O) groups is 2. The minimum absolute atomic E-state index is 0.0315. The van der Waals surface area contributed by atoms with Crippen molar-refractivity contribution in [1.29, 1.82) is 0 Å². The highest BCUT2D eigenvalue weighted by atomic mass is 79.9. The number of nitrogens with one attached hydrogen (secondary N) is 1. The molecule has 1 saturated heterocycles. The van der Waals surface area contributed by atoms with E-state index >= 15 is 0 Å². The summed E-state index contributed by atoms with van der Waals surface area (Å²) in [5.41, 5.74) is 0.524. The predicted molar refractivity (Wildman–Crippen MR) is 84.1 cm³/mol. The number of carboxylic acid groups (broad SMARTS) is 1. The van der Waals surface area contributed by atoms with Crippen molar-refractivity contribution in [2.45, 2.75) is 45.0 Å². The van der Waals surface area contributed by atoms with Crippen LogP contribution in [0.3, 0.4) is 0 Å². The molecule has 1 fully saturated rings. The van der Waals surface area contributed by atoms with Crippen LogP contribution in [-0.4, -0.2) is 35.3 Å². The van der Waals surface area contributed by atoms with Crippen LogP contribution < -0.4 is 10.1 Å². The van der Waals surface area contributed by atoms with E-state index in [9.17, 15) is 9.59 Å². The van der Waals surface area contributed by atoms with Crippen LogP contribution in [0.4, 0.5) is 5.69 Å². The average Bonchev–Trinajstić information content (AvgIpc) is 2.91. The molecule has 120 valence electrons. The lowest BCUT2D eigenvalue weighted by molar-refractivity contribution is -0.150. The number of anilines is 1. The molecule has 1 heterocycles. The molecule has 0 bridgehead atoms. The number of aliphatic carboxylic acids is 1. The minimum Gasteiger partial charge on any atom is -0.489 e. The SMILES string of the molecule is CC(C)Oc1ccc(Br)cc1NC(=O)[C@@H]1CC[C@H](C(=O)O)O1. The van der Waals surface area contributed by atoms with Crippen LogP contribution in [0.5, 0.6) is 5.75 Å². The first-order chi connectivity index (χ1) is 10.4. The van der Waals surface area contributed by atoms with Gasteiger partial charge in [0.2, 0.25) is 0 Å². The quantitative estimate of drug-likeness (QED) is 0.830. The Labute approximate surface area is 136 Å². The van der Waals surface area contributed by atoms with Gasteiger partial charge in [0.25, 0.3) is 5.91 Å². The van der Waals surface area contributed by atoms with E-state index in [-0.39, 0.29) is 12.0 Å². The number of carboxylic acids is 1. The highest BCUT2D eigenvalue weighted by molar-refractivity contribution is 9.10. The van der Waals surface area contributed by atoms with Crippen LogP contribution in [0.15, 0.2) is 22.7 Å². The van der Waals surface area contributed by atoms with E-state index in [1.54, 1.807) is 12.1 Å². The fourth-order valence-corrected chi connectivity index (χ4v) is 2.54. The second kappa shape index (κ2) is 7.11. The number of hydrogen-bond acceptors (Lipinski definition) is 4. The first kappa shape index (κ1) is 16.8. The van der Waals surface area contributed by atoms with Crippen molar-refractivity contribution in [3.8, 4) is 5.75 Å². The monoisotopic (exact) mass is 371 g/mol. The van der Waals surface area contributed by atoms with E-state index in [0.717, 1.165) is 4.47 Å². The molecule has 1 aliphatic rings. The zero-order valence-electron chi connectivity index (χ0n) is 12.3. The molecule has 0 radical (unpaired) electrons. The Kier molecular flexibility index (Phi) is 5.42. The molecule has 2 atom stereocenters. The van der Waals surface area contributed by atoms with E-state index in [2.05, 4.69) is 21.2 Å². The number of amides is 1. The van der Waals surface area contributed by atoms with E-state index in [0.29, 0.717) is 24.3 Å². The van der Waals surface area contributed by atoms with Crippen molar-refractivity contribution in [2.75, 3.05) is 5.32 Å². The van der Waals surface area contributed by atoms with Crippen LogP contribution in [-0.2, 0) is 14.3 Å². The molecule has 1 aromatic carbocycles. The van der Waals surface area contributed by atoms with Gasteiger partial charge in [-0.1, -0.05) is 15.9 Å². The van der Waals surface area contributed by atoms with E-state index in [4.69, 9.17) is 14.6 Å². The van der Waals surface area contributed by atoms with Crippen LogP contribution in [0.2, 0.25) is 0 Å². The Morgan fingerprint density at radius 3 is 2.64 bits per heavy atom. The third kappa shape index (κ3) is 4.20. The number of benzene rings is 1. The van der Waals surface area contributed by atoms with Gasteiger partial charge in [0, 0.05) is 4.47 Å². The standard InChI is InChI=1S/C15H18BrNO5/c1-8(2)21-11-4-3-9(16)7-10(11)17-14(18)12-5-6-13(22-12)15(19)20/h3-4,7-8,12-13H,5-6H2,1-2H3,(H,17,18)(H,19,20)/t12-,13+/m0/s1. The largest absolute Gasteiger partial charge is 0.489 e. The molecule has 0 aromatic heterocycles. The summed E-state index contributed by atoms with van der Waals surface area (Å²) >= 11 is 3.35. The van der Waals surface area contributed by atoms with Crippen molar-refractivity contribution in [3.63, 3.8) is 0 Å². The van der Waals surface area contributed by atoms with E-state index in [1.165, 1.54) is 0 Å².